The minimum atomic E-state index is 0.206. The number of aromatic nitrogens is 2. The Hall–Kier alpha value is -1.16. The smallest absolute Gasteiger partial charge is 0.140 e. The van der Waals surface area contributed by atoms with Crippen LogP contribution < -0.4 is 5.73 Å². The van der Waals surface area contributed by atoms with Crippen molar-refractivity contribution in [3.8, 4) is 0 Å². The lowest BCUT2D eigenvalue weighted by atomic mass is 10.0. The van der Waals surface area contributed by atoms with Crippen LogP contribution in [0.1, 0.15) is 19.2 Å². The van der Waals surface area contributed by atoms with Crippen LogP contribution in [-0.4, -0.2) is 21.9 Å². The van der Waals surface area contributed by atoms with Crippen LogP contribution in [0.2, 0.25) is 0 Å². The second kappa shape index (κ2) is 4.91. The van der Waals surface area contributed by atoms with Crippen molar-refractivity contribution < 1.29 is 4.79 Å². The predicted molar refractivity (Wildman–Crippen MR) is 54.8 cm³/mol. The molecule has 0 saturated heterocycles. The average molecular weight is 195 g/mol. The van der Waals surface area contributed by atoms with Gasteiger partial charge in [-0.05, 0) is 12.5 Å². The molecule has 1 rings (SSSR count). The van der Waals surface area contributed by atoms with Crippen molar-refractivity contribution in [2.75, 3.05) is 6.54 Å². The highest BCUT2D eigenvalue weighted by molar-refractivity contribution is 5.80. The molecule has 1 aromatic rings. The summed E-state index contributed by atoms with van der Waals surface area (Å²) in [6.07, 6.45) is 4.50. The lowest BCUT2D eigenvalue weighted by Gasteiger charge is -2.06. The van der Waals surface area contributed by atoms with Crippen LogP contribution in [0.3, 0.4) is 0 Å². The van der Waals surface area contributed by atoms with E-state index in [1.54, 1.807) is 6.20 Å². The molecule has 1 heterocycles. The van der Waals surface area contributed by atoms with Gasteiger partial charge < -0.3 is 10.3 Å². The molecule has 0 spiro atoms. The molecule has 0 aliphatic rings. The molecule has 1 aromatic heterocycles. The van der Waals surface area contributed by atoms with Crippen molar-refractivity contribution >= 4 is 5.78 Å². The summed E-state index contributed by atoms with van der Waals surface area (Å²) < 4.78 is 1.87. The van der Waals surface area contributed by atoms with E-state index in [2.05, 4.69) is 4.98 Å². The normalized spacial score (nSPS) is 12.8. The van der Waals surface area contributed by atoms with Crippen molar-refractivity contribution in [3.63, 3.8) is 0 Å². The molecule has 0 fully saturated rings. The summed E-state index contributed by atoms with van der Waals surface area (Å²) in [5.41, 5.74) is 5.45. The number of rotatable bonds is 5. The van der Waals surface area contributed by atoms with E-state index in [0.29, 0.717) is 19.4 Å². The zero-order valence-corrected chi connectivity index (χ0v) is 8.73. The molecular formula is C10H17N3O. The number of hydrogen-bond acceptors (Lipinski definition) is 3. The summed E-state index contributed by atoms with van der Waals surface area (Å²) in [4.78, 5) is 15.6. The molecule has 0 bridgehead atoms. The molecule has 0 aliphatic carbocycles. The van der Waals surface area contributed by atoms with E-state index in [1.807, 2.05) is 24.7 Å². The Kier molecular flexibility index (Phi) is 3.83. The molecule has 1 unspecified atom stereocenters. The summed E-state index contributed by atoms with van der Waals surface area (Å²) in [5.74, 6) is 1.29. The predicted octanol–water partition coefficient (Wildman–Crippen LogP) is 0.517. The van der Waals surface area contributed by atoms with Gasteiger partial charge in [0, 0.05) is 25.9 Å². The van der Waals surface area contributed by atoms with Crippen LogP contribution >= 0.6 is 0 Å². The largest absolute Gasteiger partial charge is 0.338 e. The maximum atomic E-state index is 11.5. The van der Waals surface area contributed by atoms with E-state index in [-0.39, 0.29) is 11.7 Å². The molecule has 14 heavy (non-hydrogen) atoms. The molecule has 1 atom stereocenters. The molecule has 4 nitrogen and oxygen atoms in total. The van der Waals surface area contributed by atoms with Gasteiger partial charge in [-0.25, -0.2) is 4.98 Å². The number of nitrogens with two attached hydrogens (primary N) is 1. The van der Waals surface area contributed by atoms with Crippen molar-refractivity contribution in [2.24, 2.45) is 18.7 Å². The van der Waals surface area contributed by atoms with Crippen LogP contribution in [0.25, 0.3) is 0 Å². The van der Waals surface area contributed by atoms with Crippen LogP contribution in [0.4, 0.5) is 0 Å². The zero-order valence-electron chi connectivity index (χ0n) is 8.73. The quantitative estimate of drug-likeness (QED) is 0.745. The minimum Gasteiger partial charge on any atom is -0.338 e. The highest BCUT2D eigenvalue weighted by atomic mass is 16.1. The Labute approximate surface area is 84.1 Å². The Morgan fingerprint density at radius 1 is 1.71 bits per heavy atom. The molecule has 0 aromatic carbocycles. The van der Waals surface area contributed by atoms with Gasteiger partial charge in [0.1, 0.15) is 11.6 Å². The van der Waals surface area contributed by atoms with Crippen molar-refractivity contribution in [2.45, 2.75) is 19.8 Å². The first kappa shape index (κ1) is 10.9. The average Bonchev–Trinajstić information content (AvgIpc) is 2.51. The molecule has 0 radical (unpaired) electrons. The van der Waals surface area contributed by atoms with Crippen LogP contribution in [0.5, 0.6) is 0 Å². The molecule has 0 amide bonds. The highest BCUT2D eigenvalue weighted by Crippen LogP contribution is 2.04. The maximum absolute atomic E-state index is 11.5. The molecule has 2 N–H and O–H groups in total. The van der Waals surface area contributed by atoms with E-state index < -0.39 is 0 Å². The van der Waals surface area contributed by atoms with E-state index in [9.17, 15) is 4.79 Å². The van der Waals surface area contributed by atoms with Gasteiger partial charge in [0.05, 0.1) is 6.42 Å². The third-order valence-corrected chi connectivity index (χ3v) is 2.25. The molecule has 4 heteroatoms. The first-order valence-corrected chi connectivity index (χ1v) is 4.81. The number of nitrogens with zero attached hydrogens (tertiary/aromatic N) is 2. The van der Waals surface area contributed by atoms with Crippen molar-refractivity contribution in [1.29, 1.82) is 0 Å². The van der Waals surface area contributed by atoms with Gasteiger partial charge in [0.2, 0.25) is 0 Å². The molecule has 78 valence electrons. The fraction of sp³-hybridized carbons (Fsp3) is 0.600. The van der Waals surface area contributed by atoms with Gasteiger partial charge in [0.15, 0.2) is 0 Å². The number of imidazole rings is 1. The lowest BCUT2D eigenvalue weighted by molar-refractivity contribution is -0.119. The van der Waals surface area contributed by atoms with Crippen LogP contribution in [0.15, 0.2) is 12.4 Å². The second-order valence-electron chi connectivity index (χ2n) is 3.71. The zero-order chi connectivity index (χ0) is 10.6. The van der Waals surface area contributed by atoms with Gasteiger partial charge >= 0.3 is 0 Å². The fourth-order valence-electron chi connectivity index (χ4n) is 1.29. The van der Waals surface area contributed by atoms with E-state index in [0.717, 1.165) is 5.82 Å². The molecule has 0 saturated carbocycles. The SMILES string of the molecule is CC(CN)CC(=O)Cc1nccn1C. The maximum Gasteiger partial charge on any atom is 0.140 e. The third kappa shape index (κ3) is 2.96. The van der Waals surface area contributed by atoms with Gasteiger partial charge in [0.25, 0.3) is 0 Å². The topological polar surface area (TPSA) is 60.9 Å². The molecule has 0 aliphatic heterocycles. The van der Waals surface area contributed by atoms with Gasteiger partial charge in [-0.15, -0.1) is 0 Å². The van der Waals surface area contributed by atoms with Gasteiger partial charge in [-0.1, -0.05) is 6.92 Å². The summed E-state index contributed by atoms with van der Waals surface area (Å²) in [6.45, 7) is 2.54. The number of carbonyl (C=O) groups is 1. The minimum absolute atomic E-state index is 0.206. The van der Waals surface area contributed by atoms with E-state index in [1.165, 1.54) is 0 Å². The van der Waals surface area contributed by atoms with Gasteiger partial charge in [-0.2, -0.15) is 0 Å². The van der Waals surface area contributed by atoms with Crippen molar-refractivity contribution in [1.82, 2.24) is 9.55 Å². The Bertz CT molecular complexity index is 306. The fourth-order valence-corrected chi connectivity index (χ4v) is 1.29. The number of carbonyl (C=O) groups excluding carboxylic acids is 1. The second-order valence-corrected chi connectivity index (χ2v) is 3.71. The Morgan fingerprint density at radius 3 is 2.93 bits per heavy atom. The monoisotopic (exact) mass is 195 g/mol. The summed E-state index contributed by atoms with van der Waals surface area (Å²) in [7, 11) is 1.89. The number of Topliss-reactive ketones (excluding diaryl/α,β-unsaturated/α-hetero) is 1. The van der Waals surface area contributed by atoms with E-state index in [4.69, 9.17) is 5.73 Å². The lowest BCUT2D eigenvalue weighted by Crippen LogP contribution is -2.17. The standard InChI is InChI=1S/C10H17N3O/c1-8(7-11)5-9(14)6-10-12-3-4-13(10)2/h3-4,8H,5-7,11H2,1-2H3. The van der Waals surface area contributed by atoms with E-state index >= 15 is 0 Å². The highest BCUT2D eigenvalue weighted by Gasteiger charge is 2.10. The first-order valence-electron chi connectivity index (χ1n) is 4.81. The number of ketones is 1. The number of aryl methyl sites for hydroxylation is 1. The Balaban J connectivity index is 2.45. The van der Waals surface area contributed by atoms with Crippen LogP contribution in [-0.2, 0) is 18.3 Å². The number of hydrogen-bond donors (Lipinski definition) is 1. The van der Waals surface area contributed by atoms with Gasteiger partial charge in [-0.3, -0.25) is 4.79 Å². The van der Waals surface area contributed by atoms with Crippen LogP contribution in [0, 0.1) is 5.92 Å². The first-order chi connectivity index (χ1) is 6.63. The van der Waals surface area contributed by atoms with Crippen molar-refractivity contribution in [3.05, 3.63) is 18.2 Å². The summed E-state index contributed by atoms with van der Waals surface area (Å²) in [6, 6.07) is 0. The Morgan fingerprint density at radius 2 is 2.43 bits per heavy atom. The summed E-state index contributed by atoms with van der Waals surface area (Å²) >= 11 is 0. The summed E-state index contributed by atoms with van der Waals surface area (Å²) in [5, 5.41) is 0. The molecular weight excluding hydrogens is 178 g/mol. The third-order valence-electron chi connectivity index (χ3n) is 2.25.